The van der Waals surface area contributed by atoms with Crippen LogP contribution in [-0.4, -0.2) is 10.1 Å². The topological polar surface area (TPSA) is 36.1 Å². The van der Waals surface area contributed by atoms with E-state index < -0.39 is 0 Å². The fraction of sp³-hybridized carbons (Fsp3) is 0. The first-order valence-corrected chi connectivity index (χ1v) is 7.98. The summed E-state index contributed by atoms with van der Waals surface area (Å²) in [6, 6.07) is 24.7. The van der Waals surface area contributed by atoms with Crippen LogP contribution in [0.15, 0.2) is 91.3 Å². The van der Waals surface area contributed by atoms with Crippen LogP contribution < -0.4 is 9.88 Å². The molecule has 0 radical (unpaired) electrons. The summed E-state index contributed by atoms with van der Waals surface area (Å²) in [5, 5.41) is 14.0. The van der Waals surface area contributed by atoms with E-state index in [1.165, 1.54) is 0 Å². The van der Waals surface area contributed by atoms with Crippen molar-refractivity contribution in [3.63, 3.8) is 0 Å². The van der Waals surface area contributed by atoms with Gasteiger partial charge in [-0.15, -0.1) is 0 Å². The van der Waals surface area contributed by atoms with Crippen LogP contribution in [0.4, 0.5) is 5.69 Å². The second-order valence-corrected chi connectivity index (χ2v) is 5.57. The third kappa shape index (κ3) is 3.67. The van der Waals surface area contributed by atoms with Crippen molar-refractivity contribution >= 4 is 34.3 Å². The molecule has 0 fully saturated rings. The van der Waals surface area contributed by atoms with Crippen LogP contribution in [0, 0.1) is 0 Å². The highest BCUT2D eigenvalue weighted by Crippen LogP contribution is 2.18. The Kier molecular flexibility index (Phi) is 4.99. The van der Waals surface area contributed by atoms with Gasteiger partial charge >= 0.3 is 0 Å². The Morgan fingerprint density at radius 2 is 1.33 bits per heavy atom. The maximum atomic E-state index is 10.8. The predicted molar refractivity (Wildman–Crippen MR) is 101 cm³/mol. The number of pyridine rings is 1. The smallest absolute Gasteiger partial charge is 0.288 e. The van der Waals surface area contributed by atoms with Crippen LogP contribution in [-0.2, 0) is 0 Å². The summed E-state index contributed by atoms with van der Waals surface area (Å²) in [5.41, 5.74) is 2.11. The largest absolute Gasteiger partial charge is 0.502 e. The number of rotatable bonds is 4. The molecule has 0 unspecified atom stereocenters. The Morgan fingerprint density at radius 3 is 1.96 bits per heavy atom. The van der Waals surface area contributed by atoms with Crippen molar-refractivity contribution in [2.45, 2.75) is 0 Å². The molecule has 0 bridgehead atoms. The molecule has 1 aromatic heterocycles. The normalized spacial score (nSPS) is 11.5. The Morgan fingerprint density at radius 1 is 0.792 bits per heavy atom. The average Bonchev–Trinajstić information content (AvgIpc) is 2.64. The van der Waals surface area contributed by atoms with Gasteiger partial charge in [0, 0.05) is 23.4 Å². The van der Waals surface area contributed by atoms with Crippen molar-refractivity contribution in [3.05, 3.63) is 96.8 Å². The third-order valence-electron chi connectivity index (χ3n) is 3.49. The molecule has 1 heterocycles. The Hall–Kier alpha value is -2.98. The van der Waals surface area contributed by atoms with E-state index in [1.54, 1.807) is 4.57 Å². The molecular weight excluding hydrogens is 316 g/mol. The quantitative estimate of drug-likeness (QED) is 0.323. The van der Waals surface area contributed by atoms with E-state index in [0.717, 1.165) is 5.69 Å². The van der Waals surface area contributed by atoms with E-state index in [1.807, 2.05) is 91.3 Å². The van der Waals surface area contributed by atoms with Gasteiger partial charge in [0.05, 0.1) is 0 Å². The minimum absolute atomic E-state index is 0.125. The van der Waals surface area contributed by atoms with E-state index in [4.69, 9.17) is 12.2 Å². The van der Waals surface area contributed by atoms with Crippen molar-refractivity contribution in [3.8, 4) is 0 Å². The third-order valence-corrected chi connectivity index (χ3v) is 3.79. The molecule has 3 nitrogen and oxygen atoms in total. The zero-order valence-electron chi connectivity index (χ0n) is 13.0. The lowest BCUT2D eigenvalue weighted by Gasteiger charge is -2.10. The predicted octanol–water partition coefficient (Wildman–Crippen LogP) is 4.30. The number of para-hydroxylation sites is 1. The zero-order chi connectivity index (χ0) is 16.8. The number of aliphatic hydroxyl groups is 1. The molecule has 0 aliphatic rings. The molecule has 0 saturated carbocycles. The maximum absolute atomic E-state index is 10.8. The second kappa shape index (κ2) is 7.53. The monoisotopic (exact) mass is 333 g/mol. The van der Waals surface area contributed by atoms with Crippen LogP contribution in [0.1, 0.15) is 5.56 Å². The van der Waals surface area contributed by atoms with Gasteiger partial charge in [0.1, 0.15) is 0 Å². The van der Waals surface area contributed by atoms with E-state index in [9.17, 15) is 5.11 Å². The van der Waals surface area contributed by atoms with Crippen molar-refractivity contribution in [1.82, 2.24) is 0 Å². The van der Waals surface area contributed by atoms with Gasteiger partial charge in [-0.1, -0.05) is 66.8 Å². The van der Waals surface area contributed by atoms with E-state index in [-0.39, 0.29) is 5.76 Å². The Balaban J connectivity index is 2.04. The Labute approximate surface area is 146 Å². The molecule has 0 aliphatic heterocycles. The van der Waals surface area contributed by atoms with Crippen molar-refractivity contribution in [1.29, 1.82) is 0 Å². The van der Waals surface area contributed by atoms with Gasteiger partial charge in [0.25, 0.3) is 5.70 Å². The minimum Gasteiger partial charge on any atom is -0.502 e. The summed E-state index contributed by atoms with van der Waals surface area (Å²) in [5.74, 6) is 0.125. The highest BCUT2D eigenvalue weighted by molar-refractivity contribution is 7.81. The van der Waals surface area contributed by atoms with Crippen LogP contribution >= 0.6 is 12.2 Å². The zero-order valence-corrected chi connectivity index (χ0v) is 13.8. The van der Waals surface area contributed by atoms with Gasteiger partial charge in [0.15, 0.2) is 23.1 Å². The summed E-state index contributed by atoms with van der Waals surface area (Å²) in [6.45, 7) is 0. The Bertz CT molecular complexity index is 847. The van der Waals surface area contributed by atoms with Crippen molar-refractivity contribution < 1.29 is 9.67 Å². The molecule has 118 valence electrons. The molecule has 3 aromatic rings. The van der Waals surface area contributed by atoms with Gasteiger partial charge in [-0.25, -0.2) is 0 Å². The van der Waals surface area contributed by atoms with E-state index in [2.05, 4.69) is 5.32 Å². The first kappa shape index (κ1) is 15.9. The van der Waals surface area contributed by atoms with Crippen LogP contribution in [0.25, 0.3) is 11.5 Å². The second-order valence-electron chi connectivity index (χ2n) is 5.17. The van der Waals surface area contributed by atoms with Gasteiger partial charge in [-0.05, 0) is 12.1 Å². The lowest BCUT2D eigenvalue weighted by molar-refractivity contribution is -0.575. The molecule has 3 rings (SSSR count). The summed E-state index contributed by atoms with van der Waals surface area (Å²) in [7, 11) is 0. The van der Waals surface area contributed by atoms with E-state index >= 15 is 0 Å². The molecule has 2 aromatic carbocycles. The number of hydrogen-bond donors (Lipinski definition) is 2. The number of thiocarbonyl (C=S) groups is 1. The average molecular weight is 333 g/mol. The summed E-state index contributed by atoms with van der Waals surface area (Å²) < 4.78 is 1.81. The van der Waals surface area contributed by atoms with Gasteiger partial charge in [-0.2, -0.15) is 4.57 Å². The number of nitrogens with one attached hydrogen (secondary N) is 1. The molecule has 4 heteroatoms. The fourth-order valence-corrected chi connectivity index (χ4v) is 2.66. The number of benzene rings is 2. The van der Waals surface area contributed by atoms with Crippen molar-refractivity contribution in [2.75, 3.05) is 5.32 Å². The SMILES string of the molecule is O/C(=C(\C(=S)Nc1ccccc1)[n+]1ccccc1)c1ccccc1. The maximum Gasteiger partial charge on any atom is 0.288 e. The summed E-state index contributed by atoms with van der Waals surface area (Å²) in [4.78, 5) is 0.443. The van der Waals surface area contributed by atoms with Crippen LogP contribution in [0.2, 0.25) is 0 Å². The molecule has 0 saturated heterocycles. The number of aliphatic hydroxyl groups excluding tert-OH is 1. The lowest BCUT2D eigenvalue weighted by atomic mass is 10.1. The first-order chi connectivity index (χ1) is 11.8. The van der Waals surface area contributed by atoms with Crippen LogP contribution in [0.3, 0.4) is 0 Å². The molecule has 0 aliphatic carbocycles. The highest BCUT2D eigenvalue weighted by Gasteiger charge is 2.23. The summed E-state index contributed by atoms with van der Waals surface area (Å²) in [6.07, 6.45) is 3.71. The number of nitrogens with zero attached hydrogens (tertiary/aromatic N) is 1. The molecular formula is C20H17N2OS+. The first-order valence-electron chi connectivity index (χ1n) is 7.57. The number of aromatic nitrogens is 1. The van der Waals surface area contributed by atoms with E-state index in [0.29, 0.717) is 16.2 Å². The van der Waals surface area contributed by atoms with Gasteiger partial charge in [0.2, 0.25) is 0 Å². The highest BCUT2D eigenvalue weighted by atomic mass is 32.1. The molecule has 2 N–H and O–H groups in total. The molecule has 0 spiro atoms. The minimum atomic E-state index is 0.125. The standard InChI is InChI=1S/C20H16N2OS/c23-19(16-10-4-1-5-11-16)18(22-14-8-3-9-15-22)20(24)21-17-12-6-2-7-13-17/h1-15H,(H-,21,23,24)/p+1. The van der Waals surface area contributed by atoms with Crippen molar-refractivity contribution in [2.24, 2.45) is 0 Å². The lowest BCUT2D eigenvalue weighted by Crippen LogP contribution is -2.38. The summed E-state index contributed by atoms with van der Waals surface area (Å²) >= 11 is 5.57. The van der Waals surface area contributed by atoms with Gasteiger partial charge in [-0.3, -0.25) is 0 Å². The molecule has 24 heavy (non-hydrogen) atoms. The number of hydrogen-bond acceptors (Lipinski definition) is 2. The number of anilines is 1. The molecule has 0 atom stereocenters. The fourth-order valence-electron chi connectivity index (χ4n) is 2.34. The van der Waals surface area contributed by atoms with Gasteiger partial charge < -0.3 is 10.4 Å². The van der Waals surface area contributed by atoms with Crippen LogP contribution in [0.5, 0.6) is 0 Å². The molecule has 0 amide bonds.